The van der Waals surface area contributed by atoms with E-state index in [1.165, 1.54) is 6.92 Å². The van der Waals surface area contributed by atoms with Crippen molar-refractivity contribution in [2.45, 2.75) is 46.3 Å². The lowest BCUT2D eigenvalue weighted by Crippen LogP contribution is -2.47. The molecule has 5 heteroatoms. The van der Waals surface area contributed by atoms with Gasteiger partial charge >= 0.3 is 0 Å². The average molecular weight is 270 g/mol. The predicted molar refractivity (Wildman–Crippen MR) is 73.7 cm³/mol. The molecule has 1 rings (SSSR count). The van der Waals surface area contributed by atoms with E-state index in [2.05, 4.69) is 5.32 Å². The average Bonchev–Trinajstić information content (AvgIpc) is 2.73. The lowest BCUT2D eigenvalue weighted by molar-refractivity contribution is -0.128. The highest BCUT2D eigenvalue weighted by atomic mass is 16.3. The number of carbonyl (C=O) groups is 2. The highest BCUT2D eigenvalue weighted by Crippen LogP contribution is 2.19. The Morgan fingerprint density at radius 3 is 2.42 bits per heavy atom. The van der Waals surface area contributed by atoms with Gasteiger partial charge in [0, 0.05) is 6.54 Å². The Hall–Kier alpha value is -0.940. The van der Waals surface area contributed by atoms with Gasteiger partial charge in [-0.3, -0.25) is 14.5 Å². The van der Waals surface area contributed by atoms with Gasteiger partial charge in [0.1, 0.15) is 0 Å². The lowest BCUT2D eigenvalue weighted by Gasteiger charge is -2.22. The summed E-state index contributed by atoms with van der Waals surface area (Å²) in [5, 5.41) is 12.3. The molecule has 0 bridgehead atoms. The van der Waals surface area contributed by atoms with E-state index < -0.39 is 6.04 Å². The summed E-state index contributed by atoms with van der Waals surface area (Å²) in [5.74, 6) is 0.235. The quantitative estimate of drug-likeness (QED) is 0.734. The summed E-state index contributed by atoms with van der Waals surface area (Å²) in [5.41, 5.74) is 0. The molecule has 2 N–H and O–H groups in total. The van der Waals surface area contributed by atoms with Crippen LogP contribution in [0, 0.1) is 11.8 Å². The van der Waals surface area contributed by atoms with E-state index in [0.717, 1.165) is 19.5 Å². The molecule has 0 spiro atoms. The van der Waals surface area contributed by atoms with Crippen molar-refractivity contribution >= 4 is 11.7 Å². The van der Waals surface area contributed by atoms with E-state index >= 15 is 0 Å². The number of hydrogen-bond donors (Lipinski definition) is 2. The van der Waals surface area contributed by atoms with Crippen LogP contribution in [0.25, 0.3) is 0 Å². The van der Waals surface area contributed by atoms with E-state index in [-0.39, 0.29) is 29.6 Å². The van der Waals surface area contributed by atoms with Crippen molar-refractivity contribution in [2.24, 2.45) is 11.8 Å². The van der Waals surface area contributed by atoms with E-state index in [4.69, 9.17) is 0 Å². The first-order chi connectivity index (χ1) is 8.81. The molecule has 1 aliphatic heterocycles. The molecule has 1 fully saturated rings. The van der Waals surface area contributed by atoms with Crippen LogP contribution >= 0.6 is 0 Å². The lowest BCUT2D eigenvalue weighted by atomic mass is 10.0. The summed E-state index contributed by atoms with van der Waals surface area (Å²) < 4.78 is 0. The van der Waals surface area contributed by atoms with Crippen LogP contribution in [0.15, 0.2) is 0 Å². The van der Waals surface area contributed by atoms with Gasteiger partial charge in [0.25, 0.3) is 0 Å². The van der Waals surface area contributed by atoms with Crippen molar-refractivity contribution in [3.8, 4) is 0 Å². The third kappa shape index (κ3) is 4.91. The molecule has 0 aromatic heterocycles. The molecule has 5 nitrogen and oxygen atoms in total. The molecule has 0 aliphatic carbocycles. The molecule has 1 saturated heterocycles. The number of hydrogen-bond acceptors (Lipinski definition) is 4. The number of likely N-dealkylation sites (tertiary alicyclic amines) is 1. The van der Waals surface area contributed by atoms with Gasteiger partial charge in [-0.05, 0) is 38.6 Å². The molecule has 19 heavy (non-hydrogen) atoms. The maximum Gasteiger partial charge on any atom is 0.234 e. The minimum absolute atomic E-state index is 0.00775. The fourth-order valence-corrected chi connectivity index (χ4v) is 2.56. The first-order valence-corrected chi connectivity index (χ1v) is 7.01. The summed E-state index contributed by atoms with van der Waals surface area (Å²) >= 11 is 0. The largest absolute Gasteiger partial charge is 0.393 e. The minimum atomic E-state index is -0.400. The van der Waals surface area contributed by atoms with Gasteiger partial charge in [0.05, 0.1) is 18.7 Å². The fourth-order valence-electron chi connectivity index (χ4n) is 2.56. The number of aliphatic hydroxyl groups excluding tert-OH is 1. The van der Waals surface area contributed by atoms with Crippen LogP contribution in [0.3, 0.4) is 0 Å². The van der Waals surface area contributed by atoms with E-state index in [0.29, 0.717) is 6.54 Å². The Balaban J connectivity index is 2.41. The smallest absolute Gasteiger partial charge is 0.234 e. The van der Waals surface area contributed by atoms with Crippen LogP contribution in [0.1, 0.15) is 34.1 Å². The molecule has 1 heterocycles. The Bertz CT molecular complexity index is 329. The van der Waals surface area contributed by atoms with Gasteiger partial charge in [-0.15, -0.1) is 0 Å². The summed E-state index contributed by atoms with van der Waals surface area (Å²) in [4.78, 5) is 25.4. The summed E-state index contributed by atoms with van der Waals surface area (Å²) in [6.07, 6.45) is 0.597. The van der Waals surface area contributed by atoms with Gasteiger partial charge in [0.15, 0.2) is 5.78 Å². The normalized spacial score (nSPS) is 23.4. The van der Waals surface area contributed by atoms with Crippen molar-refractivity contribution in [2.75, 3.05) is 19.6 Å². The molecule has 3 unspecified atom stereocenters. The molecular formula is C14H26N2O3. The maximum absolute atomic E-state index is 11.9. The minimum Gasteiger partial charge on any atom is -0.393 e. The van der Waals surface area contributed by atoms with Crippen LogP contribution in [0.4, 0.5) is 0 Å². The van der Waals surface area contributed by atoms with Crippen LogP contribution in [-0.2, 0) is 9.59 Å². The number of amides is 1. The molecule has 0 aromatic carbocycles. The first-order valence-electron chi connectivity index (χ1n) is 7.01. The molecule has 110 valence electrons. The van der Waals surface area contributed by atoms with E-state index in [1.807, 2.05) is 18.7 Å². The zero-order chi connectivity index (χ0) is 14.6. The highest BCUT2D eigenvalue weighted by molar-refractivity contribution is 5.88. The van der Waals surface area contributed by atoms with Crippen molar-refractivity contribution in [1.29, 1.82) is 0 Å². The number of nitrogens with zero attached hydrogens (tertiary/aromatic N) is 1. The Kier molecular flexibility index (Phi) is 5.94. The van der Waals surface area contributed by atoms with Crippen molar-refractivity contribution in [3.05, 3.63) is 0 Å². The second-order valence-corrected chi connectivity index (χ2v) is 5.92. The topological polar surface area (TPSA) is 69.6 Å². The second kappa shape index (κ2) is 7.01. The Labute approximate surface area is 115 Å². The molecular weight excluding hydrogens is 244 g/mol. The van der Waals surface area contributed by atoms with Gasteiger partial charge in [-0.1, -0.05) is 13.8 Å². The molecule has 0 radical (unpaired) electrons. The van der Waals surface area contributed by atoms with Gasteiger partial charge < -0.3 is 10.4 Å². The van der Waals surface area contributed by atoms with E-state index in [1.54, 1.807) is 6.92 Å². The van der Waals surface area contributed by atoms with Crippen molar-refractivity contribution in [3.63, 3.8) is 0 Å². The van der Waals surface area contributed by atoms with Crippen LogP contribution in [0.2, 0.25) is 0 Å². The fraction of sp³-hybridized carbons (Fsp3) is 0.857. The third-order valence-electron chi connectivity index (χ3n) is 3.78. The van der Waals surface area contributed by atoms with Crippen molar-refractivity contribution < 1.29 is 14.7 Å². The number of ketones is 1. The third-order valence-corrected chi connectivity index (χ3v) is 3.78. The molecule has 0 aromatic rings. The van der Waals surface area contributed by atoms with Crippen LogP contribution in [-0.4, -0.2) is 53.5 Å². The summed E-state index contributed by atoms with van der Waals surface area (Å²) in [7, 11) is 0. The zero-order valence-electron chi connectivity index (χ0n) is 12.3. The van der Waals surface area contributed by atoms with Gasteiger partial charge in [-0.2, -0.15) is 0 Å². The van der Waals surface area contributed by atoms with Crippen molar-refractivity contribution in [1.82, 2.24) is 10.2 Å². The number of rotatable bonds is 6. The number of aliphatic hydroxyl groups is 1. The second-order valence-electron chi connectivity index (χ2n) is 5.92. The predicted octanol–water partition coefficient (Wildman–Crippen LogP) is 0.419. The molecule has 0 saturated carbocycles. The van der Waals surface area contributed by atoms with Gasteiger partial charge in [-0.25, -0.2) is 0 Å². The monoisotopic (exact) mass is 270 g/mol. The summed E-state index contributed by atoms with van der Waals surface area (Å²) in [6, 6.07) is -0.400. The SMILES string of the molecule is CC(=O)C(NC(=O)CN1CCC(C(C)O)C1)C(C)C. The molecule has 1 amide bonds. The molecule has 1 aliphatic rings. The number of Topliss-reactive ketones (excluding diaryl/α,β-unsaturated/α-hetero) is 1. The van der Waals surface area contributed by atoms with Gasteiger partial charge in [0.2, 0.25) is 5.91 Å². The number of nitrogens with one attached hydrogen (secondary N) is 1. The Morgan fingerprint density at radius 1 is 1.37 bits per heavy atom. The Morgan fingerprint density at radius 2 is 2.00 bits per heavy atom. The standard InChI is InChI=1S/C14H26N2O3/c1-9(2)14(11(4)18)15-13(19)8-16-6-5-12(7-16)10(3)17/h9-10,12,14,17H,5-8H2,1-4H3,(H,15,19). The number of carbonyl (C=O) groups excluding carboxylic acids is 2. The van der Waals surface area contributed by atoms with Crippen LogP contribution in [0.5, 0.6) is 0 Å². The van der Waals surface area contributed by atoms with Crippen LogP contribution < -0.4 is 5.32 Å². The van der Waals surface area contributed by atoms with E-state index in [9.17, 15) is 14.7 Å². The molecule has 3 atom stereocenters. The zero-order valence-corrected chi connectivity index (χ0v) is 12.3. The highest BCUT2D eigenvalue weighted by Gasteiger charge is 2.28. The maximum atomic E-state index is 11.9. The summed E-state index contributed by atoms with van der Waals surface area (Å²) in [6.45, 7) is 9.02. The first kappa shape index (κ1) is 16.1.